The maximum Gasteiger partial charge on any atom is 0.123 e. The Bertz CT molecular complexity index is 591. The summed E-state index contributed by atoms with van der Waals surface area (Å²) in [5.74, 6) is -0.285. The summed E-state index contributed by atoms with van der Waals surface area (Å²) in [5.41, 5.74) is 7.84. The van der Waals surface area contributed by atoms with Crippen LogP contribution in [0.2, 0.25) is 5.02 Å². The van der Waals surface area contributed by atoms with Crippen molar-refractivity contribution in [3.63, 3.8) is 0 Å². The summed E-state index contributed by atoms with van der Waals surface area (Å²) in [6, 6.07) is 13.7. The molecule has 0 aliphatic heterocycles. The minimum absolute atomic E-state index is 0.189. The second-order valence-electron chi connectivity index (χ2n) is 4.99. The van der Waals surface area contributed by atoms with Crippen molar-refractivity contribution in [2.24, 2.45) is 5.73 Å². The van der Waals surface area contributed by atoms with Crippen molar-refractivity contribution in [2.75, 3.05) is 0 Å². The molecule has 2 nitrogen and oxygen atoms in total. The van der Waals surface area contributed by atoms with E-state index in [0.717, 1.165) is 17.5 Å². The molecule has 0 radical (unpaired) electrons. The molecule has 21 heavy (non-hydrogen) atoms. The van der Waals surface area contributed by atoms with Gasteiger partial charge in [-0.05, 0) is 41.8 Å². The minimum atomic E-state index is -0.343. The Labute approximate surface area is 129 Å². The summed E-state index contributed by atoms with van der Waals surface area (Å²) in [5, 5.41) is 0.665. The number of halogens is 2. The first kappa shape index (κ1) is 16.0. The Hall–Kier alpha value is -1.42. The van der Waals surface area contributed by atoms with Gasteiger partial charge in [0.1, 0.15) is 5.82 Å². The maximum absolute atomic E-state index is 13.4. The molecule has 2 N–H and O–H groups in total. The fourth-order valence-corrected chi connectivity index (χ4v) is 2.39. The van der Waals surface area contributed by atoms with Crippen molar-refractivity contribution in [1.29, 1.82) is 0 Å². The largest absolute Gasteiger partial charge is 0.367 e. The third-order valence-corrected chi connectivity index (χ3v) is 3.59. The van der Waals surface area contributed by atoms with E-state index in [2.05, 4.69) is 0 Å². The molecule has 112 valence electrons. The van der Waals surface area contributed by atoms with Gasteiger partial charge in [-0.3, -0.25) is 0 Å². The molecule has 2 rings (SSSR count). The van der Waals surface area contributed by atoms with E-state index >= 15 is 0 Å². The zero-order valence-corrected chi connectivity index (χ0v) is 12.7. The van der Waals surface area contributed by atoms with Crippen molar-refractivity contribution in [3.8, 4) is 0 Å². The van der Waals surface area contributed by atoms with Gasteiger partial charge in [-0.15, -0.1) is 0 Å². The highest BCUT2D eigenvalue weighted by molar-refractivity contribution is 6.30. The van der Waals surface area contributed by atoms with Crippen LogP contribution in [0.15, 0.2) is 48.5 Å². The molecule has 0 fully saturated rings. The van der Waals surface area contributed by atoms with Crippen LogP contribution in [0.5, 0.6) is 0 Å². The van der Waals surface area contributed by atoms with Crippen LogP contribution in [-0.2, 0) is 11.3 Å². The minimum Gasteiger partial charge on any atom is -0.367 e. The van der Waals surface area contributed by atoms with Crippen molar-refractivity contribution in [1.82, 2.24) is 0 Å². The fraction of sp³-hybridized carbons (Fsp3) is 0.294. The molecule has 2 atom stereocenters. The first-order chi connectivity index (χ1) is 10.1. The molecule has 0 spiro atoms. The topological polar surface area (TPSA) is 35.2 Å². The van der Waals surface area contributed by atoms with Crippen LogP contribution in [0.25, 0.3) is 0 Å². The molecule has 4 heteroatoms. The van der Waals surface area contributed by atoms with Crippen LogP contribution in [0.4, 0.5) is 4.39 Å². The number of hydrogen-bond acceptors (Lipinski definition) is 2. The highest BCUT2D eigenvalue weighted by atomic mass is 35.5. The van der Waals surface area contributed by atoms with E-state index in [1.165, 1.54) is 12.1 Å². The molecule has 2 aromatic carbocycles. The summed E-state index contributed by atoms with van der Waals surface area (Å²) in [6.07, 6.45) is 0.404. The van der Waals surface area contributed by atoms with Crippen LogP contribution < -0.4 is 5.73 Å². The van der Waals surface area contributed by atoms with Crippen molar-refractivity contribution in [2.45, 2.75) is 32.1 Å². The van der Waals surface area contributed by atoms with Crippen LogP contribution in [-0.4, -0.2) is 6.04 Å². The van der Waals surface area contributed by atoms with E-state index in [-0.39, 0.29) is 18.0 Å². The number of rotatable bonds is 6. The van der Waals surface area contributed by atoms with E-state index < -0.39 is 0 Å². The van der Waals surface area contributed by atoms with E-state index in [1.54, 1.807) is 6.07 Å². The summed E-state index contributed by atoms with van der Waals surface area (Å²) >= 11 is 5.96. The van der Waals surface area contributed by atoms with Gasteiger partial charge in [0.25, 0.3) is 0 Å². The molecule has 0 saturated heterocycles. The lowest BCUT2D eigenvalue weighted by Gasteiger charge is -2.24. The Kier molecular flexibility index (Phi) is 5.74. The van der Waals surface area contributed by atoms with Crippen LogP contribution >= 0.6 is 11.6 Å². The van der Waals surface area contributed by atoms with Gasteiger partial charge in [-0.1, -0.05) is 42.8 Å². The Morgan fingerprint density at radius 3 is 2.62 bits per heavy atom. The van der Waals surface area contributed by atoms with Gasteiger partial charge >= 0.3 is 0 Å². The summed E-state index contributed by atoms with van der Waals surface area (Å²) in [7, 11) is 0. The van der Waals surface area contributed by atoms with Gasteiger partial charge in [0.2, 0.25) is 0 Å². The van der Waals surface area contributed by atoms with Crippen molar-refractivity contribution < 1.29 is 9.13 Å². The smallest absolute Gasteiger partial charge is 0.123 e. The molecule has 0 saturated carbocycles. The second kappa shape index (κ2) is 7.55. The zero-order chi connectivity index (χ0) is 15.2. The van der Waals surface area contributed by atoms with E-state index in [1.807, 2.05) is 37.3 Å². The Morgan fingerprint density at radius 2 is 1.95 bits per heavy atom. The van der Waals surface area contributed by atoms with Gasteiger partial charge in [0, 0.05) is 11.1 Å². The average molecular weight is 308 g/mol. The first-order valence-electron chi connectivity index (χ1n) is 6.97. The second-order valence-corrected chi connectivity index (χ2v) is 5.43. The summed E-state index contributed by atoms with van der Waals surface area (Å²) in [6.45, 7) is 2.37. The lowest BCUT2D eigenvalue weighted by molar-refractivity contribution is 0.0211. The van der Waals surface area contributed by atoms with Gasteiger partial charge < -0.3 is 10.5 Å². The van der Waals surface area contributed by atoms with Gasteiger partial charge in [-0.2, -0.15) is 0 Å². The lowest BCUT2D eigenvalue weighted by Crippen LogP contribution is -2.29. The SMILES string of the molecule is CCC(N)C(OCc1cccc(Cl)c1)c1cccc(F)c1. The van der Waals surface area contributed by atoms with E-state index in [9.17, 15) is 4.39 Å². The number of nitrogens with two attached hydrogens (primary N) is 1. The molecule has 2 unspecified atom stereocenters. The molecule has 0 aliphatic carbocycles. The van der Waals surface area contributed by atoms with Crippen molar-refractivity contribution >= 4 is 11.6 Å². The lowest BCUT2D eigenvalue weighted by atomic mass is 10.0. The molecule has 0 amide bonds. The number of benzene rings is 2. The number of hydrogen-bond donors (Lipinski definition) is 1. The molecule has 0 bridgehead atoms. The first-order valence-corrected chi connectivity index (χ1v) is 7.35. The number of ether oxygens (including phenoxy) is 1. The maximum atomic E-state index is 13.4. The normalized spacial score (nSPS) is 13.9. The van der Waals surface area contributed by atoms with E-state index in [4.69, 9.17) is 22.1 Å². The highest BCUT2D eigenvalue weighted by Crippen LogP contribution is 2.24. The van der Waals surface area contributed by atoms with Gasteiger partial charge in [0.05, 0.1) is 12.7 Å². The summed E-state index contributed by atoms with van der Waals surface area (Å²) < 4.78 is 19.3. The third kappa shape index (κ3) is 4.53. The van der Waals surface area contributed by atoms with Crippen LogP contribution in [0, 0.1) is 5.82 Å². The quantitative estimate of drug-likeness (QED) is 0.854. The molecular formula is C17H19ClFNO. The monoisotopic (exact) mass is 307 g/mol. The predicted octanol–water partition coefficient (Wildman–Crippen LogP) is 4.47. The van der Waals surface area contributed by atoms with Crippen LogP contribution in [0.1, 0.15) is 30.6 Å². The zero-order valence-electron chi connectivity index (χ0n) is 11.9. The Balaban J connectivity index is 2.14. The van der Waals surface area contributed by atoms with Gasteiger partial charge in [-0.25, -0.2) is 4.39 Å². The molecular weight excluding hydrogens is 289 g/mol. The predicted molar refractivity (Wildman–Crippen MR) is 83.6 cm³/mol. The fourth-order valence-electron chi connectivity index (χ4n) is 2.18. The van der Waals surface area contributed by atoms with Crippen molar-refractivity contribution in [3.05, 3.63) is 70.5 Å². The van der Waals surface area contributed by atoms with E-state index in [0.29, 0.717) is 11.6 Å². The third-order valence-electron chi connectivity index (χ3n) is 3.36. The standard InChI is InChI=1S/C17H19ClFNO/c1-2-16(20)17(13-6-4-8-15(19)10-13)21-11-12-5-3-7-14(18)9-12/h3-10,16-17H,2,11,20H2,1H3. The molecule has 2 aromatic rings. The van der Waals surface area contributed by atoms with Crippen LogP contribution in [0.3, 0.4) is 0 Å². The van der Waals surface area contributed by atoms with Gasteiger partial charge in [0.15, 0.2) is 0 Å². The molecule has 0 aliphatic rings. The molecule has 0 aromatic heterocycles. The molecule has 0 heterocycles. The highest BCUT2D eigenvalue weighted by Gasteiger charge is 2.19. The Morgan fingerprint density at radius 1 is 1.19 bits per heavy atom. The summed E-state index contributed by atoms with van der Waals surface area (Å²) in [4.78, 5) is 0. The average Bonchev–Trinajstić information content (AvgIpc) is 2.47.